The summed E-state index contributed by atoms with van der Waals surface area (Å²) in [4.78, 5) is 24.1. The molecule has 0 spiro atoms. The third-order valence-corrected chi connectivity index (χ3v) is 5.26. The number of amides is 1. The summed E-state index contributed by atoms with van der Waals surface area (Å²) in [6.45, 7) is 0. The fourth-order valence-electron chi connectivity index (χ4n) is 3.63. The van der Waals surface area contributed by atoms with E-state index in [4.69, 9.17) is 11.5 Å². The van der Waals surface area contributed by atoms with Gasteiger partial charge in [-0.05, 0) is 41.5 Å². The van der Waals surface area contributed by atoms with Crippen molar-refractivity contribution in [1.29, 1.82) is 0 Å². The molecule has 2 aromatic heterocycles. The van der Waals surface area contributed by atoms with Crippen LogP contribution in [0.15, 0.2) is 61.2 Å². The molecule has 0 fully saturated rings. The van der Waals surface area contributed by atoms with Gasteiger partial charge in [-0.3, -0.25) is 9.59 Å². The standard InChI is InChI=1S/C22H18F3N7O3/c23-22(24,25)15-3-6-18(31-8-7-28-29-31)14(10-15)11-17(33)9-13-1-4-16(5-2-13)30-12-32(35)19(20(30)26)21(27)34/h1-8,10,12H,9,11,26H2,(H2,27,34). The number of halogens is 3. The van der Waals surface area contributed by atoms with E-state index >= 15 is 0 Å². The molecule has 0 atom stereocenters. The Labute approximate surface area is 195 Å². The third kappa shape index (κ3) is 4.83. The molecule has 0 bridgehead atoms. The van der Waals surface area contributed by atoms with Crippen molar-refractivity contribution < 1.29 is 27.5 Å². The minimum Gasteiger partial charge on any atom is -0.710 e. The number of rotatable bonds is 7. The highest BCUT2D eigenvalue weighted by Crippen LogP contribution is 2.31. The molecule has 0 aliphatic carbocycles. The van der Waals surface area contributed by atoms with E-state index in [2.05, 4.69) is 10.3 Å². The lowest BCUT2D eigenvalue weighted by Crippen LogP contribution is -2.34. The van der Waals surface area contributed by atoms with Crippen molar-refractivity contribution in [3.63, 3.8) is 0 Å². The largest absolute Gasteiger partial charge is 0.710 e. The summed E-state index contributed by atoms with van der Waals surface area (Å²) in [5, 5.41) is 19.3. The van der Waals surface area contributed by atoms with E-state index in [1.807, 2.05) is 0 Å². The number of nitrogen functional groups attached to an aromatic ring is 1. The van der Waals surface area contributed by atoms with Gasteiger partial charge in [0.05, 0.1) is 23.6 Å². The summed E-state index contributed by atoms with van der Waals surface area (Å²) in [6, 6.07) is 9.47. The first-order chi connectivity index (χ1) is 16.5. The van der Waals surface area contributed by atoms with Crippen molar-refractivity contribution >= 4 is 17.5 Å². The number of imidazole rings is 1. The average molecular weight is 485 g/mol. The zero-order valence-electron chi connectivity index (χ0n) is 17.9. The van der Waals surface area contributed by atoms with Gasteiger partial charge in [0.15, 0.2) is 0 Å². The predicted molar refractivity (Wildman–Crippen MR) is 116 cm³/mol. The molecule has 180 valence electrons. The monoisotopic (exact) mass is 485 g/mol. The van der Waals surface area contributed by atoms with Crippen molar-refractivity contribution in [2.24, 2.45) is 5.73 Å². The maximum Gasteiger partial charge on any atom is 0.416 e. The molecular formula is C22H18F3N7O3. The van der Waals surface area contributed by atoms with Crippen LogP contribution < -0.4 is 16.2 Å². The first-order valence-corrected chi connectivity index (χ1v) is 10.1. The van der Waals surface area contributed by atoms with Crippen molar-refractivity contribution in [2.45, 2.75) is 19.0 Å². The number of ketones is 1. The molecule has 4 N–H and O–H groups in total. The van der Waals surface area contributed by atoms with Crippen molar-refractivity contribution in [1.82, 2.24) is 19.6 Å². The van der Waals surface area contributed by atoms with Crippen LogP contribution in [0.3, 0.4) is 0 Å². The molecule has 4 aromatic rings. The summed E-state index contributed by atoms with van der Waals surface area (Å²) in [5.74, 6) is -1.44. The Bertz CT molecular complexity index is 1400. The second kappa shape index (κ2) is 8.93. The van der Waals surface area contributed by atoms with Crippen LogP contribution >= 0.6 is 0 Å². The quantitative estimate of drug-likeness (QED) is 0.301. The molecule has 13 heteroatoms. The van der Waals surface area contributed by atoms with E-state index in [-0.39, 0.29) is 34.7 Å². The van der Waals surface area contributed by atoms with Gasteiger partial charge in [-0.1, -0.05) is 17.3 Å². The number of anilines is 1. The molecular weight excluding hydrogens is 467 g/mol. The van der Waals surface area contributed by atoms with E-state index in [0.717, 1.165) is 18.5 Å². The third-order valence-electron chi connectivity index (χ3n) is 5.26. The van der Waals surface area contributed by atoms with E-state index in [9.17, 15) is 28.0 Å². The molecule has 0 saturated heterocycles. The lowest BCUT2D eigenvalue weighted by atomic mass is 9.99. The van der Waals surface area contributed by atoms with Gasteiger partial charge in [-0.15, -0.1) is 5.10 Å². The SMILES string of the molecule is NC(=O)c1c(N)n(-c2ccc(CC(=O)Cc3cc(C(F)(F)F)ccc3-n3ccnn3)cc2)c[n+]1[O-]. The fourth-order valence-corrected chi connectivity index (χ4v) is 3.63. The number of benzene rings is 2. The Balaban J connectivity index is 1.55. The summed E-state index contributed by atoms with van der Waals surface area (Å²) in [5.41, 5.74) is 11.2. The molecule has 2 heterocycles. The number of aromatic nitrogens is 5. The fraction of sp³-hybridized carbons (Fsp3) is 0.136. The van der Waals surface area contributed by atoms with E-state index in [1.54, 1.807) is 24.3 Å². The van der Waals surface area contributed by atoms with Crippen molar-refractivity contribution in [3.8, 4) is 11.4 Å². The van der Waals surface area contributed by atoms with Crippen LogP contribution in [0.1, 0.15) is 27.2 Å². The van der Waals surface area contributed by atoms with E-state index in [0.29, 0.717) is 16.9 Å². The number of hydrogen-bond acceptors (Lipinski definition) is 6. The number of nitrogens with two attached hydrogens (primary N) is 2. The van der Waals surface area contributed by atoms with Crippen LogP contribution in [0.2, 0.25) is 0 Å². The highest BCUT2D eigenvalue weighted by molar-refractivity contribution is 5.94. The minimum absolute atomic E-state index is 0.0530. The summed E-state index contributed by atoms with van der Waals surface area (Å²) < 4.78 is 42.5. The molecule has 0 aliphatic rings. The number of nitrogens with zero attached hydrogens (tertiary/aromatic N) is 5. The number of carbonyl (C=O) groups excluding carboxylic acids is 2. The molecule has 0 unspecified atom stereocenters. The van der Waals surface area contributed by atoms with Gasteiger partial charge in [0.2, 0.25) is 0 Å². The van der Waals surface area contributed by atoms with Crippen LogP contribution in [0.5, 0.6) is 0 Å². The first kappa shape index (κ1) is 23.5. The van der Waals surface area contributed by atoms with Gasteiger partial charge in [-0.25, -0.2) is 9.41 Å². The minimum atomic E-state index is -4.56. The van der Waals surface area contributed by atoms with Crippen LogP contribution in [-0.4, -0.2) is 31.3 Å². The summed E-state index contributed by atoms with van der Waals surface area (Å²) in [6.07, 6.45) is -0.979. The Morgan fingerprint density at radius 2 is 1.80 bits per heavy atom. The second-order valence-electron chi connectivity index (χ2n) is 7.66. The lowest BCUT2D eigenvalue weighted by Gasteiger charge is -2.13. The zero-order chi connectivity index (χ0) is 25.3. The van der Waals surface area contributed by atoms with Crippen LogP contribution in [0, 0.1) is 5.21 Å². The second-order valence-corrected chi connectivity index (χ2v) is 7.66. The number of hydrogen-bond donors (Lipinski definition) is 2. The summed E-state index contributed by atoms with van der Waals surface area (Å²) >= 11 is 0. The first-order valence-electron chi connectivity index (χ1n) is 10.1. The zero-order valence-corrected chi connectivity index (χ0v) is 17.9. The van der Waals surface area contributed by atoms with Crippen LogP contribution in [0.4, 0.5) is 19.0 Å². The molecule has 10 nitrogen and oxygen atoms in total. The summed E-state index contributed by atoms with van der Waals surface area (Å²) in [7, 11) is 0. The Morgan fingerprint density at radius 3 is 2.37 bits per heavy atom. The molecule has 0 saturated carbocycles. The molecule has 35 heavy (non-hydrogen) atoms. The normalized spacial score (nSPS) is 11.5. The molecule has 4 rings (SSSR count). The Kier molecular flexibility index (Phi) is 5.99. The van der Waals surface area contributed by atoms with Gasteiger partial charge in [0, 0.05) is 12.8 Å². The lowest BCUT2D eigenvalue weighted by molar-refractivity contribution is -0.606. The number of Topliss-reactive ketones (excluding diaryl/α,β-unsaturated/α-hetero) is 1. The predicted octanol–water partition coefficient (Wildman–Crippen LogP) is 1.75. The molecule has 0 radical (unpaired) electrons. The molecule has 1 amide bonds. The highest BCUT2D eigenvalue weighted by atomic mass is 19.4. The number of alkyl halides is 3. The Morgan fingerprint density at radius 1 is 1.09 bits per heavy atom. The highest BCUT2D eigenvalue weighted by Gasteiger charge is 2.31. The van der Waals surface area contributed by atoms with E-state index < -0.39 is 23.3 Å². The van der Waals surface area contributed by atoms with Gasteiger partial charge < -0.3 is 16.7 Å². The van der Waals surface area contributed by atoms with Gasteiger partial charge in [-0.2, -0.15) is 17.7 Å². The smallest absolute Gasteiger partial charge is 0.416 e. The van der Waals surface area contributed by atoms with E-state index in [1.165, 1.54) is 27.7 Å². The molecule has 0 aliphatic heterocycles. The Hall–Kier alpha value is -4.68. The maximum atomic E-state index is 13.2. The maximum absolute atomic E-state index is 13.2. The van der Waals surface area contributed by atoms with Gasteiger partial charge >= 0.3 is 6.18 Å². The van der Waals surface area contributed by atoms with Crippen LogP contribution in [-0.2, 0) is 23.8 Å². The average Bonchev–Trinajstić information content (AvgIpc) is 3.41. The van der Waals surface area contributed by atoms with Crippen molar-refractivity contribution in [3.05, 3.63) is 88.8 Å². The van der Waals surface area contributed by atoms with Crippen molar-refractivity contribution in [2.75, 3.05) is 5.73 Å². The van der Waals surface area contributed by atoms with Gasteiger partial charge in [0.25, 0.3) is 23.7 Å². The topological polar surface area (TPSA) is 149 Å². The number of primary amides is 1. The van der Waals surface area contributed by atoms with Gasteiger partial charge in [0.1, 0.15) is 11.5 Å². The molecule has 2 aromatic carbocycles. The van der Waals surface area contributed by atoms with Crippen LogP contribution in [0.25, 0.3) is 11.4 Å². The number of carbonyl (C=O) groups is 2.